The molecule has 0 fully saturated rings. The molecule has 0 spiro atoms. The Bertz CT molecular complexity index is 2440. The van der Waals surface area contributed by atoms with E-state index in [2.05, 4.69) is 138 Å². The van der Waals surface area contributed by atoms with Crippen LogP contribution >= 0.6 is 0 Å². The number of hydrogen-bond donors (Lipinski definition) is 0. The minimum absolute atomic E-state index is 0.137. The van der Waals surface area contributed by atoms with Gasteiger partial charge in [-0.25, -0.2) is 0 Å². The average Bonchev–Trinajstić information content (AvgIpc) is 3.61. The van der Waals surface area contributed by atoms with Gasteiger partial charge in [-0.2, -0.15) is 0 Å². The summed E-state index contributed by atoms with van der Waals surface area (Å²) in [6.07, 6.45) is 0.751. The first-order valence-electron chi connectivity index (χ1n) is 16.4. The summed E-state index contributed by atoms with van der Waals surface area (Å²) in [5.41, 5.74) is 11.8. The SMILES string of the molecule is CCC(C)C(=O)Oc1ccc2c(c1)c1ccccc1n2-c1ccc(-c2ccc(-n3c4ccccc4c4ccccc43)cc2C)c(C)c1. The van der Waals surface area contributed by atoms with Crippen LogP contribution in [0.4, 0.5) is 0 Å². The maximum Gasteiger partial charge on any atom is 0.314 e. The molecule has 2 heterocycles. The molecular formula is C43H36N2O2. The molecule has 0 bridgehead atoms. The third kappa shape index (κ3) is 4.71. The number of para-hydroxylation sites is 3. The molecule has 1 unspecified atom stereocenters. The quantitative estimate of drug-likeness (QED) is 0.138. The molecule has 8 aromatic rings. The Morgan fingerprint density at radius 3 is 1.49 bits per heavy atom. The topological polar surface area (TPSA) is 36.2 Å². The van der Waals surface area contributed by atoms with Crippen LogP contribution in [0.15, 0.2) is 127 Å². The minimum atomic E-state index is -0.194. The van der Waals surface area contributed by atoms with E-state index in [0.29, 0.717) is 5.75 Å². The second-order valence-corrected chi connectivity index (χ2v) is 12.6. The predicted octanol–water partition coefficient (Wildman–Crippen LogP) is 11.1. The van der Waals surface area contributed by atoms with Gasteiger partial charge in [0, 0.05) is 32.9 Å². The molecule has 0 aliphatic heterocycles. The Morgan fingerprint density at radius 1 is 0.574 bits per heavy atom. The van der Waals surface area contributed by atoms with Crippen molar-refractivity contribution in [2.75, 3.05) is 0 Å². The van der Waals surface area contributed by atoms with Gasteiger partial charge in [-0.3, -0.25) is 4.79 Å². The molecule has 4 heteroatoms. The van der Waals surface area contributed by atoms with Crippen LogP contribution in [0.2, 0.25) is 0 Å². The van der Waals surface area contributed by atoms with Crippen molar-refractivity contribution in [3.63, 3.8) is 0 Å². The fourth-order valence-electron chi connectivity index (χ4n) is 7.06. The molecule has 6 aromatic carbocycles. The lowest BCUT2D eigenvalue weighted by Gasteiger charge is -2.16. The molecule has 47 heavy (non-hydrogen) atoms. The third-order valence-corrected chi connectivity index (χ3v) is 9.68. The molecule has 230 valence electrons. The number of esters is 1. The van der Waals surface area contributed by atoms with Crippen molar-refractivity contribution in [1.82, 2.24) is 9.13 Å². The third-order valence-electron chi connectivity index (χ3n) is 9.68. The standard InChI is InChI=1S/C43H36N2O2/c1-5-27(2)43(46)47-32-20-23-42-38(26-32)37-14-8-11-17-41(37)45(42)31-19-22-34(29(4)25-31)33-21-18-30(24-28(33)3)44-39-15-9-6-12-35(39)36-13-7-10-16-40(36)44/h6-27H,5H2,1-4H3. The van der Waals surface area contributed by atoms with E-state index in [4.69, 9.17) is 4.74 Å². The highest BCUT2D eigenvalue weighted by molar-refractivity contribution is 6.10. The smallest absolute Gasteiger partial charge is 0.314 e. The van der Waals surface area contributed by atoms with E-state index >= 15 is 0 Å². The van der Waals surface area contributed by atoms with Gasteiger partial charge in [0.05, 0.1) is 28.0 Å². The number of nitrogens with zero attached hydrogens (tertiary/aromatic N) is 2. The highest BCUT2D eigenvalue weighted by atomic mass is 16.5. The van der Waals surface area contributed by atoms with Gasteiger partial charge in [0.25, 0.3) is 0 Å². The first-order valence-corrected chi connectivity index (χ1v) is 16.4. The van der Waals surface area contributed by atoms with E-state index in [9.17, 15) is 4.79 Å². The Hall–Kier alpha value is -5.61. The summed E-state index contributed by atoms with van der Waals surface area (Å²) in [5.74, 6) is 0.249. The highest BCUT2D eigenvalue weighted by Gasteiger charge is 2.18. The molecule has 0 aliphatic carbocycles. The van der Waals surface area contributed by atoms with Crippen LogP contribution in [-0.4, -0.2) is 15.1 Å². The van der Waals surface area contributed by atoms with Crippen LogP contribution in [0, 0.1) is 19.8 Å². The lowest BCUT2D eigenvalue weighted by molar-refractivity contribution is -0.138. The molecule has 0 radical (unpaired) electrons. The van der Waals surface area contributed by atoms with Gasteiger partial charge < -0.3 is 13.9 Å². The van der Waals surface area contributed by atoms with Crippen molar-refractivity contribution in [2.24, 2.45) is 5.92 Å². The van der Waals surface area contributed by atoms with Crippen molar-refractivity contribution in [2.45, 2.75) is 34.1 Å². The zero-order valence-corrected chi connectivity index (χ0v) is 27.1. The van der Waals surface area contributed by atoms with Crippen LogP contribution in [0.1, 0.15) is 31.4 Å². The van der Waals surface area contributed by atoms with Crippen LogP contribution in [0.3, 0.4) is 0 Å². The van der Waals surface area contributed by atoms with Crippen LogP contribution in [0.5, 0.6) is 5.75 Å². The summed E-state index contributed by atoms with van der Waals surface area (Å²) < 4.78 is 10.4. The summed E-state index contributed by atoms with van der Waals surface area (Å²) in [7, 11) is 0. The van der Waals surface area contributed by atoms with Crippen LogP contribution < -0.4 is 4.74 Å². The maximum atomic E-state index is 12.5. The number of ether oxygens (including phenoxy) is 1. The molecule has 2 aromatic heterocycles. The molecule has 0 saturated heterocycles. The van der Waals surface area contributed by atoms with Gasteiger partial charge >= 0.3 is 5.97 Å². The monoisotopic (exact) mass is 612 g/mol. The largest absolute Gasteiger partial charge is 0.426 e. The molecule has 4 nitrogen and oxygen atoms in total. The summed E-state index contributed by atoms with van der Waals surface area (Å²) >= 11 is 0. The molecule has 8 rings (SSSR count). The number of aromatic nitrogens is 2. The second kappa shape index (κ2) is 11.3. The Labute approximate surface area is 274 Å². The molecule has 0 N–H and O–H groups in total. The van der Waals surface area contributed by atoms with E-state index in [1.54, 1.807) is 0 Å². The van der Waals surface area contributed by atoms with Crippen molar-refractivity contribution >= 4 is 49.6 Å². The minimum Gasteiger partial charge on any atom is -0.426 e. The predicted molar refractivity (Wildman–Crippen MR) is 195 cm³/mol. The number of benzene rings is 6. The fourth-order valence-corrected chi connectivity index (χ4v) is 7.06. The number of carbonyl (C=O) groups excluding carboxylic acids is 1. The van der Waals surface area contributed by atoms with Gasteiger partial charge in [-0.1, -0.05) is 80.6 Å². The average molecular weight is 613 g/mol. The Kier molecular flexibility index (Phi) is 6.95. The van der Waals surface area contributed by atoms with Gasteiger partial charge in [-0.05, 0) is 103 Å². The maximum absolute atomic E-state index is 12.5. The molecule has 0 saturated carbocycles. The van der Waals surface area contributed by atoms with Crippen molar-refractivity contribution < 1.29 is 9.53 Å². The summed E-state index contributed by atoms with van der Waals surface area (Å²) in [6, 6.07) is 45.2. The summed E-state index contributed by atoms with van der Waals surface area (Å²) in [4.78, 5) is 12.5. The van der Waals surface area contributed by atoms with Gasteiger partial charge in [0.15, 0.2) is 0 Å². The molecule has 1 atom stereocenters. The van der Waals surface area contributed by atoms with E-state index in [0.717, 1.165) is 39.6 Å². The summed E-state index contributed by atoms with van der Waals surface area (Å²) in [5, 5.41) is 4.73. The number of carbonyl (C=O) groups is 1. The first-order chi connectivity index (χ1) is 22.9. The van der Waals surface area contributed by atoms with Crippen molar-refractivity contribution in [3.8, 4) is 28.3 Å². The fraction of sp³-hybridized carbons (Fsp3) is 0.140. The normalized spacial score (nSPS) is 12.3. The number of aryl methyl sites for hydroxylation is 2. The zero-order valence-electron chi connectivity index (χ0n) is 27.1. The number of hydrogen-bond acceptors (Lipinski definition) is 2. The molecule has 0 amide bonds. The molecular weight excluding hydrogens is 576 g/mol. The second-order valence-electron chi connectivity index (χ2n) is 12.6. The van der Waals surface area contributed by atoms with Crippen LogP contribution in [-0.2, 0) is 4.79 Å². The Morgan fingerprint density at radius 2 is 1.02 bits per heavy atom. The van der Waals surface area contributed by atoms with E-state index in [-0.39, 0.29) is 11.9 Å². The highest BCUT2D eigenvalue weighted by Crippen LogP contribution is 2.37. The first kappa shape index (κ1) is 28.8. The lowest BCUT2D eigenvalue weighted by Crippen LogP contribution is -2.16. The van der Waals surface area contributed by atoms with Gasteiger partial charge in [0.2, 0.25) is 0 Å². The lowest BCUT2D eigenvalue weighted by atomic mass is 9.95. The van der Waals surface area contributed by atoms with Crippen LogP contribution in [0.25, 0.3) is 66.1 Å². The number of fused-ring (bicyclic) bond motifs is 6. The Balaban J connectivity index is 1.19. The molecule has 0 aliphatic rings. The van der Waals surface area contributed by atoms with Gasteiger partial charge in [0.1, 0.15) is 5.75 Å². The van der Waals surface area contributed by atoms with E-state index in [1.165, 1.54) is 44.1 Å². The van der Waals surface area contributed by atoms with E-state index < -0.39 is 0 Å². The number of rotatable bonds is 6. The van der Waals surface area contributed by atoms with Crippen molar-refractivity contribution in [3.05, 3.63) is 139 Å². The van der Waals surface area contributed by atoms with Gasteiger partial charge in [-0.15, -0.1) is 0 Å². The summed E-state index contributed by atoms with van der Waals surface area (Å²) in [6.45, 7) is 8.30. The van der Waals surface area contributed by atoms with E-state index in [1.807, 2.05) is 26.0 Å². The zero-order chi connectivity index (χ0) is 32.2. The van der Waals surface area contributed by atoms with Crippen molar-refractivity contribution in [1.29, 1.82) is 0 Å².